The molecule has 8 heteroatoms. The number of carbonyl (C=O) groups excluding carboxylic acids is 1. The Labute approximate surface area is 159 Å². The quantitative estimate of drug-likeness (QED) is 0.755. The summed E-state index contributed by atoms with van der Waals surface area (Å²) in [5.41, 5.74) is 2.20. The van der Waals surface area contributed by atoms with E-state index in [0.717, 1.165) is 12.1 Å². The van der Waals surface area contributed by atoms with Gasteiger partial charge in [-0.3, -0.25) is 9.78 Å². The van der Waals surface area contributed by atoms with Gasteiger partial charge in [0.15, 0.2) is 0 Å². The van der Waals surface area contributed by atoms with Gasteiger partial charge in [-0.2, -0.15) is 5.26 Å². The Morgan fingerprint density at radius 2 is 2.04 bits per heavy atom. The molecule has 0 fully saturated rings. The number of hydrogen-bond donors (Lipinski definition) is 2. The van der Waals surface area contributed by atoms with Crippen molar-refractivity contribution in [1.82, 2.24) is 15.0 Å². The Kier molecular flexibility index (Phi) is 6.66. The van der Waals surface area contributed by atoms with E-state index in [0.29, 0.717) is 16.7 Å². The Bertz CT molecular complexity index is 963. The molecule has 7 nitrogen and oxygen atoms in total. The molecule has 0 radical (unpaired) electrons. The van der Waals surface area contributed by atoms with E-state index < -0.39 is 16.1 Å². The number of sulfonamides is 1. The summed E-state index contributed by atoms with van der Waals surface area (Å²) >= 11 is 0. The van der Waals surface area contributed by atoms with Crippen LogP contribution in [-0.4, -0.2) is 31.9 Å². The Morgan fingerprint density at radius 3 is 2.59 bits per heavy atom. The maximum atomic E-state index is 12.5. The number of amides is 1. The van der Waals surface area contributed by atoms with Gasteiger partial charge >= 0.3 is 0 Å². The van der Waals surface area contributed by atoms with Crippen molar-refractivity contribution in [1.29, 1.82) is 5.26 Å². The normalized spacial score (nSPS) is 12.2. The first-order valence-electron chi connectivity index (χ1n) is 8.53. The van der Waals surface area contributed by atoms with Crippen LogP contribution in [-0.2, 0) is 16.4 Å². The average Bonchev–Trinajstić information content (AvgIpc) is 2.66. The summed E-state index contributed by atoms with van der Waals surface area (Å²) in [7, 11) is -3.74. The number of nitrogens with zero attached hydrogens (tertiary/aromatic N) is 2. The van der Waals surface area contributed by atoms with Gasteiger partial charge in [0.1, 0.15) is 0 Å². The lowest BCUT2D eigenvalue weighted by molar-refractivity contribution is 0.0940. The van der Waals surface area contributed by atoms with E-state index in [9.17, 15) is 13.2 Å². The molecular weight excluding hydrogens is 364 g/mol. The van der Waals surface area contributed by atoms with Crippen molar-refractivity contribution in [3.8, 4) is 6.07 Å². The van der Waals surface area contributed by atoms with Crippen LogP contribution in [0.2, 0.25) is 0 Å². The second kappa shape index (κ2) is 8.75. The van der Waals surface area contributed by atoms with E-state index >= 15 is 0 Å². The maximum absolute atomic E-state index is 12.5. The summed E-state index contributed by atoms with van der Waals surface area (Å²) in [5, 5.41) is 11.6. The Hall–Kier alpha value is -2.76. The van der Waals surface area contributed by atoms with Crippen LogP contribution >= 0.6 is 0 Å². The maximum Gasteiger partial charge on any atom is 0.253 e. The number of carbonyl (C=O) groups is 1. The predicted molar refractivity (Wildman–Crippen MR) is 102 cm³/mol. The van der Waals surface area contributed by atoms with E-state index in [1.807, 2.05) is 13.0 Å². The number of nitrogens with one attached hydrogen (secondary N) is 2. The highest BCUT2D eigenvalue weighted by molar-refractivity contribution is 7.89. The molecule has 1 amide bonds. The van der Waals surface area contributed by atoms with Gasteiger partial charge in [-0.15, -0.1) is 0 Å². The van der Waals surface area contributed by atoms with Crippen LogP contribution < -0.4 is 10.0 Å². The van der Waals surface area contributed by atoms with E-state index in [1.54, 1.807) is 26.0 Å². The van der Waals surface area contributed by atoms with Gasteiger partial charge in [0.25, 0.3) is 5.91 Å². The molecule has 2 aromatic rings. The number of aromatic nitrogens is 1. The second-order valence-corrected chi connectivity index (χ2v) is 7.95. The van der Waals surface area contributed by atoms with Crippen LogP contribution in [0.4, 0.5) is 0 Å². The molecule has 1 atom stereocenters. The molecule has 1 aromatic heterocycles. The van der Waals surface area contributed by atoms with Gasteiger partial charge in [-0.05, 0) is 56.2 Å². The number of hydrogen-bond acceptors (Lipinski definition) is 5. The van der Waals surface area contributed by atoms with Crippen LogP contribution in [0, 0.1) is 18.3 Å². The Morgan fingerprint density at radius 1 is 1.30 bits per heavy atom. The molecule has 2 rings (SSSR count). The summed E-state index contributed by atoms with van der Waals surface area (Å²) in [6.45, 7) is 5.35. The standard InChI is InChI=1S/C19H22N4O3S/c1-4-17-7-6-16(12-21-17)19(24)23-14(3)11-22-27(25,26)18-8-5-15(10-20)9-13(18)2/h5-9,12,14,22H,4,11H2,1-3H3,(H,23,24)/t14-/m0/s1. The van der Waals surface area contributed by atoms with Crippen molar-refractivity contribution in [3.63, 3.8) is 0 Å². The van der Waals surface area contributed by atoms with Gasteiger partial charge in [0, 0.05) is 24.5 Å². The first-order chi connectivity index (χ1) is 12.8. The fraction of sp³-hybridized carbons (Fsp3) is 0.316. The number of benzene rings is 1. The predicted octanol–water partition coefficient (Wildman–Crippen LogP) is 1.92. The van der Waals surface area contributed by atoms with Crippen molar-refractivity contribution in [2.24, 2.45) is 0 Å². The van der Waals surface area contributed by atoms with Crippen molar-refractivity contribution in [2.75, 3.05) is 6.54 Å². The third-order valence-corrected chi connectivity index (χ3v) is 5.58. The van der Waals surface area contributed by atoms with Crippen LogP contribution in [0.25, 0.3) is 0 Å². The lowest BCUT2D eigenvalue weighted by atomic mass is 10.2. The molecule has 27 heavy (non-hydrogen) atoms. The third kappa shape index (κ3) is 5.36. The number of nitriles is 1. The first kappa shape index (κ1) is 20.6. The molecule has 0 unspecified atom stereocenters. The second-order valence-electron chi connectivity index (χ2n) is 6.21. The number of pyridine rings is 1. The van der Waals surface area contributed by atoms with Crippen LogP contribution in [0.3, 0.4) is 0 Å². The molecule has 1 heterocycles. The molecule has 0 aliphatic rings. The fourth-order valence-electron chi connectivity index (χ4n) is 2.46. The molecule has 2 N–H and O–H groups in total. The highest BCUT2D eigenvalue weighted by Gasteiger charge is 2.19. The average molecular weight is 386 g/mol. The van der Waals surface area contributed by atoms with Crippen molar-refractivity contribution >= 4 is 15.9 Å². The topological polar surface area (TPSA) is 112 Å². The van der Waals surface area contributed by atoms with Crippen molar-refractivity contribution < 1.29 is 13.2 Å². The third-order valence-electron chi connectivity index (χ3n) is 4.00. The fourth-order valence-corrected chi connectivity index (χ4v) is 3.81. The smallest absolute Gasteiger partial charge is 0.253 e. The van der Waals surface area contributed by atoms with Crippen LogP contribution in [0.1, 0.15) is 41.0 Å². The summed E-state index contributed by atoms with van der Waals surface area (Å²) in [6.07, 6.45) is 2.29. The highest BCUT2D eigenvalue weighted by atomic mass is 32.2. The van der Waals surface area contributed by atoms with Gasteiger partial charge in [-0.25, -0.2) is 13.1 Å². The highest BCUT2D eigenvalue weighted by Crippen LogP contribution is 2.16. The van der Waals surface area contributed by atoms with Gasteiger partial charge in [0.05, 0.1) is 22.1 Å². The summed E-state index contributed by atoms with van der Waals surface area (Å²) < 4.78 is 27.4. The zero-order chi connectivity index (χ0) is 20.0. The van der Waals surface area contributed by atoms with Gasteiger partial charge in [-0.1, -0.05) is 6.92 Å². The summed E-state index contributed by atoms with van der Waals surface area (Å²) in [4.78, 5) is 16.5. The SMILES string of the molecule is CCc1ccc(C(=O)N[C@@H](C)CNS(=O)(=O)c2ccc(C#N)cc2C)cn1. The zero-order valence-electron chi connectivity index (χ0n) is 15.5. The molecular formula is C19H22N4O3S. The molecule has 0 bridgehead atoms. The van der Waals surface area contributed by atoms with Crippen molar-refractivity contribution in [3.05, 3.63) is 58.9 Å². The first-order valence-corrected chi connectivity index (χ1v) is 10.0. The lowest BCUT2D eigenvalue weighted by Gasteiger charge is -2.16. The molecule has 142 valence electrons. The Balaban J connectivity index is 1.98. The van der Waals surface area contributed by atoms with Crippen molar-refractivity contribution in [2.45, 2.75) is 38.1 Å². The molecule has 0 aliphatic heterocycles. The van der Waals surface area contributed by atoms with Gasteiger partial charge in [0.2, 0.25) is 10.0 Å². The number of rotatable bonds is 7. The molecule has 0 aliphatic carbocycles. The van der Waals surface area contributed by atoms with E-state index in [-0.39, 0.29) is 17.3 Å². The van der Waals surface area contributed by atoms with E-state index in [4.69, 9.17) is 5.26 Å². The van der Waals surface area contributed by atoms with Crippen LogP contribution in [0.15, 0.2) is 41.4 Å². The number of aryl methyl sites for hydroxylation is 2. The minimum atomic E-state index is -3.74. The zero-order valence-corrected chi connectivity index (χ0v) is 16.3. The van der Waals surface area contributed by atoms with Gasteiger partial charge < -0.3 is 5.32 Å². The van der Waals surface area contributed by atoms with E-state index in [1.165, 1.54) is 24.4 Å². The minimum Gasteiger partial charge on any atom is -0.348 e. The molecule has 0 saturated carbocycles. The van der Waals surface area contributed by atoms with Crippen LogP contribution in [0.5, 0.6) is 0 Å². The summed E-state index contributed by atoms with van der Waals surface area (Å²) in [6, 6.07) is 9.42. The largest absolute Gasteiger partial charge is 0.348 e. The lowest BCUT2D eigenvalue weighted by Crippen LogP contribution is -2.41. The molecule has 1 aromatic carbocycles. The minimum absolute atomic E-state index is 0.0357. The van der Waals surface area contributed by atoms with E-state index in [2.05, 4.69) is 15.0 Å². The molecule has 0 spiro atoms. The summed E-state index contributed by atoms with van der Waals surface area (Å²) in [5.74, 6) is -0.314. The monoisotopic (exact) mass is 386 g/mol. The molecule has 0 saturated heterocycles.